The maximum absolute atomic E-state index is 13.6. The molecule has 0 unspecified atom stereocenters. The first-order valence-electron chi connectivity index (χ1n) is 32.1. The molecule has 5 N–H and O–H groups in total. The fraction of sp³-hybridized carbons (Fsp3) is 0.984. The van der Waals surface area contributed by atoms with E-state index in [0.717, 1.165) is 58.3 Å². The van der Waals surface area contributed by atoms with Gasteiger partial charge in [-0.15, -0.1) is 0 Å². The van der Waals surface area contributed by atoms with E-state index < -0.39 is 7.05 Å². The van der Waals surface area contributed by atoms with Gasteiger partial charge in [-0.1, -0.05) is 316 Å². The number of hydrogen-bond acceptors (Lipinski definition) is 5. The van der Waals surface area contributed by atoms with Crippen LogP contribution in [0.5, 0.6) is 0 Å². The van der Waals surface area contributed by atoms with Crippen LogP contribution in [-0.2, 0) is 4.79 Å². The molecule has 7 heteroatoms. The first-order valence-corrected chi connectivity index (χ1v) is 32.1. The smallest absolute Gasteiger partial charge is 0.373 e. The molecule has 0 rings (SSSR count). The molecular formula is C62H131BN4O2. The van der Waals surface area contributed by atoms with Crippen LogP contribution >= 0.6 is 0 Å². The summed E-state index contributed by atoms with van der Waals surface area (Å²) in [6.07, 6.45) is 69.8. The number of hydrogen-bond donors (Lipinski definition) is 4. The van der Waals surface area contributed by atoms with E-state index in [-0.39, 0.29) is 6.04 Å². The van der Waals surface area contributed by atoms with Gasteiger partial charge in [-0.05, 0) is 59.1 Å². The summed E-state index contributed by atoms with van der Waals surface area (Å²) in [6, 6.07) is -0.0938. The van der Waals surface area contributed by atoms with E-state index in [9.17, 15) is 9.82 Å². The molecule has 0 aliphatic heterocycles. The number of nitrogens with zero attached hydrogens (tertiary/aromatic N) is 1. The van der Waals surface area contributed by atoms with Crippen molar-refractivity contribution in [3.8, 4) is 0 Å². The lowest BCUT2D eigenvalue weighted by molar-refractivity contribution is -0.133. The third-order valence-corrected chi connectivity index (χ3v) is 14.9. The quantitative estimate of drug-likeness (QED) is 0.0360. The normalized spacial score (nSPS) is 11.8. The molecule has 0 spiro atoms. The molecule has 1 atom stereocenters. The maximum atomic E-state index is 13.6. The summed E-state index contributed by atoms with van der Waals surface area (Å²) in [5.41, 5.74) is 5.48. The summed E-state index contributed by atoms with van der Waals surface area (Å²) in [5, 5.41) is 15.9. The zero-order chi connectivity index (χ0) is 50.6. The molecule has 69 heavy (non-hydrogen) atoms. The number of amides is 1. The second-order valence-corrected chi connectivity index (χ2v) is 22.0. The first-order chi connectivity index (χ1) is 34.0. The number of carbonyl (C=O) groups excluding carboxylic acids is 1. The lowest BCUT2D eigenvalue weighted by atomic mass is 9.89. The van der Waals surface area contributed by atoms with Crippen molar-refractivity contribution in [3.63, 3.8) is 0 Å². The van der Waals surface area contributed by atoms with Crippen LogP contribution in [0.15, 0.2) is 0 Å². The molecule has 0 aliphatic rings. The monoisotopic (exact) mass is 975 g/mol. The average Bonchev–Trinajstić information content (AvgIpc) is 3.35. The summed E-state index contributed by atoms with van der Waals surface area (Å²) in [6.45, 7) is 12.1. The Labute approximate surface area is 436 Å². The number of carbonyl (C=O) groups is 1. The third kappa shape index (κ3) is 59.8. The van der Waals surface area contributed by atoms with Crippen LogP contribution in [0.25, 0.3) is 0 Å². The zero-order valence-corrected chi connectivity index (χ0v) is 48.4. The molecule has 0 bridgehead atoms. The minimum Gasteiger partial charge on any atom is -0.437 e. The first kappa shape index (κ1) is 70.5. The summed E-state index contributed by atoms with van der Waals surface area (Å²) in [7, 11) is 1.48. The second kappa shape index (κ2) is 63.5. The number of likely N-dealkylation sites (N-methyl/N-ethyl adjacent to an activating group) is 1. The van der Waals surface area contributed by atoms with Crippen LogP contribution in [0, 0.1) is 0 Å². The van der Waals surface area contributed by atoms with E-state index in [2.05, 4.69) is 36.2 Å². The molecule has 0 saturated heterocycles. The average molecular weight is 976 g/mol. The summed E-state index contributed by atoms with van der Waals surface area (Å²) < 4.78 is 0. The second-order valence-electron chi connectivity index (χ2n) is 22.0. The summed E-state index contributed by atoms with van der Waals surface area (Å²) in [4.78, 5) is 15.8. The van der Waals surface area contributed by atoms with Crippen molar-refractivity contribution < 1.29 is 9.82 Å². The lowest BCUT2D eigenvalue weighted by Gasteiger charge is -2.27. The van der Waals surface area contributed by atoms with Gasteiger partial charge < -0.3 is 26.2 Å². The maximum Gasteiger partial charge on any atom is 0.373 e. The topological polar surface area (TPSA) is 90.6 Å². The number of nitrogens with two attached hydrogens (primary N) is 1. The van der Waals surface area contributed by atoms with Crippen LogP contribution in [0.3, 0.4) is 0 Å². The van der Waals surface area contributed by atoms with E-state index in [1.807, 2.05) is 7.05 Å². The van der Waals surface area contributed by atoms with Crippen LogP contribution in [0.4, 0.5) is 0 Å². The van der Waals surface area contributed by atoms with Crippen molar-refractivity contribution in [1.29, 1.82) is 0 Å². The van der Waals surface area contributed by atoms with Gasteiger partial charge >= 0.3 is 7.05 Å². The largest absolute Gasteiger partial charge is 0.437 e. The molecule has 6 nitrogen and oxygen atoms in total. The Morgan fingerprint density at radius 2 is 0.652 bits per heavy atom. The molecule has 0 heterocycles. The van der Waals surface area contributed by atoms with E-state index in [1.165, 1.54) is 295 Å². The Morgan fingerprint density at radius 1 is 0.406 bits per heavy atom. The Bertz CT molecular complexity index is 873. The molecule has 0 saturated carbocycles. The van der Waals surface area contributed by atoms with Crippen LogP contribution < -0.4 is 16.3 Å². The van der Waals surface area contributed by atoms with Crippen molar-refractivity contribution in [2.75, 3.05) is 33.2 Å². The molecular weight excluding hydrogens is 844 g/mol. The van der Waals surface area contributed by atoms with Gasteiger partial charge in [0.05, 0.1) is 6.04 Å². The highest BCUT2D eigenvalue weighted by Gasteiger charge is 2.22. The highest BCUT2D eigenvalue weighted by Crippen LogP contribution is 2.18. The highest BCUT2D eigenvalue weighted by molar-refractivity contribution is 6.45. The number of nitrogens with one attached hydrogen (secondary N) is 2. The van der Waals surface area contributed by atoms with Gasteiger partial charge in [0.15, 0.2) is 0 Å². The summed E-state index contributed by atoms with van der Waals surface area (Å²) >= 11 is 0. The van der Waals surface area contributed by atoms with E-state index in [4.69, 9.17) is 5.73 Å². The van der Waals surface area contributed by atoms with Crippen molar-refractivity contribution >= 4 is 13.0 Å². The Morgan fingerprint density at radius 3 is 0.884 bits per heavy atom. The van der Waals surface area contributed by atoms with Crippen LogP contribution in [0.2, 0.25) is 6.82 Å². The van der Waals surface area contributed by atoms with Gasteiger partial charge in [0.1, 0.15) is 0 Å². The van der Waals surface area contributed by atoms with Crippen LogP contribution in [-0.4, -0.2) is 62.2 Å². The number of rotatable bonds is 58. The predicted molar refractivity (Wildman–Crippen MR) is 313 cm³/mol. The van der Waals surface area contributed by atoms with E-state index in [0.29, 0.717) is 5.91 Å². The zero-order valence-electron chi connectivity index (χ0n) is 48.4. The standard InChI is InChI=1S/C44H92BN3O2.C18H39N/c1-5-7-9-11-13-15-17-19-21-23-25-27-29-31-33-37-41-48(44(49)43(46-4)39-35-36-40-47-45(3)50)42-38-34-32-30-28-26-24-22-20-18-16-14-12-10-8-6-2;1-2-3-4-5-6-7-8-9-10-11-12-13-14-15-16-17-18-19/h43,46-47,50H,5-42H2,1-4H3;2-19H2,1H3/t43-;/m0./s1. The molecule has 0 fully saturated rings. The molecule has 1 amide bonds. The summed E-state index contributed by atoms with van der Waals surface area (Å²) in [5.74, 6) is 0.304. The Hall–Kier alpha value is -0.625. The van der Waals surface area contributed by atoms with Gasteiger partial charge in [0.25, 0.3) is 0 Å². The van der Waals surface area contributed by atoms with Crippen molar-refractivity contribution in [3.05, 3.63) is 0 Å². The fourth-order valence-corrected chi connectivity index (χ4v) is 10.1. The SMILES string of the molecule is CCCCCCCCCCCCCCCCCCN.CCCCCCCCCCCCCCCCCCN(CCCCCCCCCCCCCCCCCC)C(=O)[C@H](CCCCNB(C)O)NC. The molecule has 0 radical (unpaired) electrons. The molecule has 0 aromatic carbocycles. The molecule has 0 aliphatic carbocycles. The van der Waals surface area contributed by atoms with Gasteiger partial charge in [-0.3, -0.25) is 4.79 Å². The highest BCUT2D eigenvalue weighted by atomic mass is 16.2. The van der Waals surface area contributed by atoms with Gasteiger partial charge in [-0.25, -0.2) is 0 Å². The van der Waals surface area contributed by atoms with Gasteiger partial charge in [-0.2, -0.15) is 0 Å². The van der Waals surface area contributed by atoms with Gasteiger partial charge in [0, 0.05) is 13.1 Å². The minimum absolute atomic E-state index is 0.0938. The Balaban J connectivity index is 0. The number of unbranched alkanes of at least 4 members (excludes halogenated alkanes) is 46. The predicted octanol–water partition coefficient (Wildman–Crippen LogP) is 19.0. The lowest BCUT2D eigenvalue weighted by Crippen LogP contribution is -2.46. The van der Waals surface area contributed by atoms with Crippen LogP contribution in [0.1, 0.15) is 348 Å². The molecule has 414 valence electrons. The molecule has 0 aromatic rings. The third-order valence-electron chi connectivity index (χ3n) is 14.9. The van der Waals surface area contributed by atoms with Crippen molar-refractivity contribution in [2.24, 2.45) is 5.73 Å². The van der Waals surface area contributed by atoms with E-state index in [1.54, 1.807) is 6.82 Å². The van der Waals surface area contributed by atoms with Gasteiger partial charge in [0.2, 0.25) is 5.91 Å². The Kier molecular flexibility index (Phi) is 64.8. The van der Waals surface area contributed by atoms with Crippen molar-refractivity contribution in [2.45, 2.75) is 361 Å². The van der Waals surface area contributed by atoms with Crippen molar-refractivity contribution in [1.82, 2.24) is 15.4 Å². The minimum atomic E-state index is -0.466. The van der Waals surface area contributed by atoms with E-state index >= 15 is 0 Å². The molecule has 0 aromatic heterocycles. The fourth-order valence-electron chi connectivity index (χ4n) is 10.1.